The summed E-state index contributed by atoms with van der Waals surface area (Å²) in [7, 11) is 0. The van der Waals surface area contributed by atoms with E-state index in [4.69, 9.17) is 0 Å². The van der Waals surface area contributed by atoms with Crippen molar-refractivity contribution in [2.75, 3.05) is 36.4 Å². The summed E-state index contributed by atoms with van der Waals surface area (Å²) in [5.41, 5.74) is -1.86. The molecule has 1 fully saturated rings. The van der Waals surface area contributed by atoms with Gasteiger partial charge in [-0.05, 0) is 24.3 Å². The van der Waals surface area contributed by atoms with Crippen LogP contribution in [0.25, 0.3) is 0 Å². The molecule has 0 spiro atoms. The van der Waals surface area contributed by atoms with Gasteiger partial charge in [-0.25, -0.2) is 14.8 Å². The number of amides is 2. The van der Waals surface area contributed by atoms with Crippen LogP contribution in [-0.2, 0) is 12.4 Å². The fourth-order valence-corrected chi connectivity index (χ4v) is 2.83. The second-order valence-electron chi connectivity index (χ2n) is 6.21. The van der Waals surface area contributed by atoms with E-state index in [1.54, 1.807) is 0 Å². The Morgan fingerprint density at radius 2 is 1.62 bits per heavy atom. The number of carbonyl (C=O) groups excluding carboxylic acids is 1. The summed E-state index contributed by atoms with van der Waals surface area (Å²) in [6.07, 6.45) is -6.98. The zero-order valence-electron chi connectivity index (χ0n) is 14.8. The molecule has 0 saturated carbocycles. The monoisotopic (exact) mass is 419 g/mol. The normalized spacial score (nSPS) is 15.4. The summed E-state index contributed by atoms with van der Waals surface area (Å²) >= 11 is 0. The van der Waals surface area contributed by atoms with Gasteiger partial charge in [0.05, 0.1) is 17.4 Å². The van der Waals surface area contributed by atoms with Gasteiger partial charge in [-0.3, -0.25) is 0 Å². The maximum absolute atomic E-state index is 13.1. The summed E-state index contributed by atoms with van der Waals surface area (Å²) in [5.74, 6) is -0.202. The van der Waals surface area contributed by atoms with Gasteiger partial charge in [0, 0.05) is 32.4 Å². The molecule has 3 rings (SSSR count). The number of pyridine rings is 2. The van der Waals surface area contributed by atoms with E-state index in [1.165, 1.54) is 22.1 Å². The summed E-state index contributed by atoms with van der Waals surface area (Å²) in [4.78, 5) is 22.1. The van der Waals surface area contributed by atoms with Crippen LogP contribution in [-0.4, -0.2) is 47.1 Å². The van der Waals surface area contributed by atoms with Crippen molar-refractivity contribution in [1.29, 1.82) is 0 Å². The molecule has 2 aromatic heterocycles. The zero-order chi connectivity index (χ0) is 21.2. The third kappa shape index (κ3) is 4.87. The molecule has 0 radical (unpaired) electrons. The predicted molar refractivity (Wildman–Crippen MR) is 91.3 cm³/mol. The number of piperazine rings is 1. The number of rotatable bonds is 2. The third-order valence-corrected chi connectivity index (χ3v) is 4.26. The molecule has 0 unspecified atom stereocenters. The molecule has 156 valence electrons. The Morgan fingerprint density at radius 1 is 0.931 bits per heavy atom. The van der Waals surface area contributed by atoms with Gasteiger partial charge in [-0.2, -0.15) is 26.3 Å². The Morgan fingerprint density at radius 3 is 2.17 bits per heavy atom. The number of alkyl halides is 6. The lowest BCUT2D eigenvalue weighted by atomic mass is 10.2. The van der Waals surface area contributed by atoms with Crippen LogP contribution in [0.5, 0.6) is 0 Å². The molecule has 12 heteroatoms. The summed E-state index contributed by atoms with van der Waals surface area (Å²) in [6.45, 7) is 0.485. The van der Waals surface area contributed by atoms with Gasteiger partial charge in [-0.1, -0.05) is 0 Å². The fraction of sp³-hybridized carbons (Fsp3) is 0.353. The number of urea groups is 1. The van der Waals surface area contributed by atoms with Crippen molar-refractivity contribution in [3.8, 4) is 0 Å². The van der Waals surface area contributed by atoms with Crippen molar-refractivity contribution in [2.45, 2.75) is 12.4 Å². The molecule has 0 atom stereocenters. The molecule has 0 bridgehead atoms. The van der Waals surface area contributed by atoms with E-state index in [0.717, 1.165) is 24.4 Å². The number of halogens is 6. The van der Waals surface area contributed by atoms with Crippen LogP contribution in [0.3, 0.4) is 0 Å². The molecule has 1 aliphatic rings. The predicted octanol–water partition coefficient (Wildman–Crippen LogP) is 3.87. The van der Waals surface area contributed by atoms with E-state index in [1.807, 2.05) is 0 Å². The lowest BCUT2D eigenvalue weighted by molar-refractivity contribution is -0.141. The molecule has 6 nitrogen and oxygen atoms in total. The van der Waals surface area contributed by atoms with Gasteiger partial charge in [0.25, 0.3) is 0 Å². The van der Waals surface area contributed by atoms with Crippen LogP contribution in [0.1, 0.15) is 11.3 Å². The molecular weight excluding hydrogens is 404 g/mol. The molecular formula is C17H15F6N5O. The van der Waals surface area contributed by atoms with Crippen LogP contribution in [0, 0.1) is 0 Å². The number of anilines is 2. The maximum atomic E-state index is 13.1. The second kappa shape index (κ2) is 7.76. The minimum Gasteiger partial charge on any atom is -0.353 e. The van der Waals surface area contributed by atoms with E-state index in [0.29, 0.717) is 0 Å². The molecule has 29 heavy (non-hydrogen) atoms. The van der Waals surface area contributed by atoms with Crippen LogP contribution in [0.2, 0.25) is 0 Å². The topological polar surface area (TPSA) is 61.4 Å². The minimum absolute atomic E-state index is 0.0783. The molecule has 0 aliphatic carbocycles. The number of hydrogen-bond acceptors (Lipinski definition) is 4. The molecule has 2 aromatic rings. The van der Waals surface area contributed by atoms with Crippen LogP contribution >= 0.6 is 0 Å². The van der Waals surface area contributed by atoms with Crippen molar-refractivity contribution < 1.29 is 31.1 Å². The molecule has 1 N–H and O–H groups in total. The average Bonchev–Trinajstić information content (AvgIpc) is 2.67. The Kier molecular flexibility index (Phi) is 5.53. The fourth-order valence-electron chi connectivity index (χ4n) is 2.83. The van der Waals surface area contributed by atoms with Crippen LogP contribution < -0.4 is 10.2 Å². The van der Waals surface area contributed by atoms with Crippen molar-refractivity contribution in [3.63, 3.8) is 0 Å². The summed E-state index contributed by atoms with van der Waals surface area (Å²) in [5, 5.41) is 2.42. The lowest BCUT2D eigenvalue weighted by Gasteiger charge is -2.36. The highest BCUT2D eigenvalue weighted by atomic mass is 19.4. The Balaban J connectivity index is 1.61. The highest BCUT2D eigenvalue weighted by molar-refractivity contribution is 5.89. The van der Waals surface area contributed by atoms with Crippen LogP contribution in [0.15, 0.2) is 36.7 Å². The second-order valence-corrected chi connectivity index (χ2v) is 6.21. The maximum Gasteiger partial charge on any atom is 0.433 e. The minimum atomic E-state index is -4.58. The Hall–Kier alpha value is -3.05. The van der Waals surface area contributed by atoms with Gasteiger partial charge in [-0.15, -0.1) is 0 Å². The van der Waals surface area contributed by atoms with Gasteiger partial charge in [0.2, 0.25) is 0 Å². The zero-order valence-corrected chi connectivity index (χ0v) is 14.8. The number of hydrogen-bond donors (Lipinski definition) is 1. The number of nitrogens with zero attached hydrogens (tertiary/aromatic N) is 4. The number of aromatic nitrogens is 2. The smallest absolute Gasteiger partial charge is 0.353 e. The molecule has 0 aromatic carbocycles. The van der Waals surface area contributed by atoms with E-state index < -0.39 is 29.6 Å². The average molecular weight is 419 g/mol. The Labute approximate surface area is 161 Å². The van der Waals surface area contributed by atoms with Gasteiger partial charge < -0.3 is 15.1 Å². The number of carbonyl (C=O) groups is 1. The van der Waals surface area contributed by atoms with Gasteiger partial charge in [0.15, 0.2) is 0 Å². The van der Waals surface area contributed by atoms with E-state index in [-0.39, 0.29) is 37.7 Å². The first kappa shape index (κ1) is 20.7. The quantitative estimate of drug-likeness (QED) is 0.751. The van der Waals surface area contributed by atoms with Crippen LogP contribution in [0.4, 0.5) is 42.6 Å². The van der Waals surface area contributed by atoms with E-state index in [2.05, 4.69) is 15.3 Å². The van der Waals surface area contributed by atoms with Gasteiger partial charge >= 0.3 is 18.4 Å². The van der Waals surface area contributed by atoms with Crippen molar-refractivity contribution in [2.24, 2.45) is 0 Å². The first-order valence-corrected chi connectivity index (χ1v) is 8.42. The van der Waals surface area contributed by atoms with Crippen molar-refractivity contribution in [3.05, 3.63) is 47.9 Å². The molecule has 1 aliphatic heterocycles. The first-order valence-electron chi connectivity index (χ1n) is 8.42. The van der Waals surface area contributed by atoms with E-state index in [9.17, 15) is 31.1 Å². The standard InChI is InChI=1S/C17H15F6N5O/c18-16(19,20)12-2-1-5-24-14(12)27-6-8-28(9-7-27)15(29)26-11-3-4-13(25-10-11)17(21,22)23/h1-5,10H,6-9H2,(H,26,29). The molecule has 1 saturated heterocycles. The van der Waals surface area contributed by atoms with E-state index >= 15 is 0 Å². The van der Waals surface area contributed by atoms with Crippen molar-refractivity contribution in [1.82, 2.24) is 14.9 Å². The molecule has 3 heterocycles. The summed E-state index contributed by atoms with van der Waals surface area (Å²) < 4.78 is 76.9. The van der Waals surface area contributed by atoms with Crippen molar-refractivity contribution >= 4 is 17.5 Å². The summed E-state index contributed by atoms with van der Waals surface area (Å²) in [6, 6.07) is 3.39. The molecule has 2 amide bonds. The largest absolute Gasteiger partial charge is 0.433 e. The first-order chi connectivity index (χ1) is 13.6. The number of nitrogens with one attached hydrogen (secondary N) is 1. The Bertz CT molecular complexity index is 860. The lowest BCUT2D eigenvalue weighted by Crippen LogP contribution is -2.50. The highest BCUT2D eigenvalue weighted by Gasteiger charge is 2.36. The SMILES string of the molecule is O=C(Nc1ccc(C(F)(F)F)nc1)N1CCN(c2ncccc2C(F)(F)F)CC1. The highest BCUT2D eigenvalue weighted by Crippen LogP contribution is 2.35. The third-order valence-electron chi connectivity index (χ3n) is 4.26. The van der Waals surface area contributed by atoms with Gasteiger partial charge in [0.1, 0.15) is 11.5 Å².